The number of nitrogens with one attached hydrogen (secondary N) is 1. The summed E-state index contributed by atoms with van der Waals surface area (Å²) in [7, 11) is 2.12. The first-order valence-corrected chi connectivity index (χ1v) is 8.91. The lowest BCUT2D eigenvalue weighted by molar-refractivity contribution is 0.342. The van der Waals surface area contributed by atoms with Gasteiger partial charge in [0.25, 0.3) is 0 Å². The molecule has 1 N–H and O–H groups in total. The van der Waals surface area contributed by atoms with E-state index >= 15 is 0 Å². The van der Waals surface area contributed by atoms with Gasteiger partial charge in [0.15, 0.2) is 0 Å². The van der Waals surface area contributed by atoms with E-state index in [9.17, 15) is 0 Å². The molecule has 0 saturated heterocycles. The van der Waals surface area contributed by atoms with E-state index < -0.39 is 0 Å². The van der Waals surface area contributed by atoms with Crippen LogP contribution in [0.2, 0.25) is 0 Å². The maximum absolute atomic E-state index is 4.74. The molecule has 0 amide bonds. The van der Waals surface area contributed by atoms with Crippen LogP contribution in [-0.2, 0) is 19.4 Å². The van der Waals surface area contributed by atoms with Crippen molar-refractivity contribution in [3.63, 3.8) is 0 Å². The highest BCUT2D eigenvalue weighted by atomic mass is 79.9. The number of nitrogens with zero attached hydrogens (tertiary/aromatic N) is 2. The Morgan fingerprint density at radius 3 is 2.65 bits per heavy atom. The number of hydrogen-bond donors (Lipinski definition) is 1. The third kappa shape index (κ3) is 3.45. The minimum absolute atomic E-state index is 0.662. The average molecular weight is 342 g/mol. The predicted molar refractivity (Wildman–Crippen MR) is 88.1 cm³/mol. The molecule has 1 aromatic rings. The van der Waals surface area contributed by atoms with Gasteiger partial charge in [0.05, 0.1) is 15.9 Å². The number of aryl methyl sites for hydroxylation is 2. The standard InChI is InChI=1S/C16H28BrN3/c1-4-13-16(17)15(20(5-2)19-13)11-12-9-7-6-8-10-14(12)18-3/h12,14,18H,4-11H2,1-3H3. The number of halogens is 1. The first kappa shape index (κ1) is 16.0. The van der Waals surface area contributed by atoms with E-state index in [2.05, 4.69) is 46.8 Å². The zero-order valence-corrected chi connectivity index (χ0v) is 14.7. The van der Waals surface area contributed by atoms with Gasteiger partial charge in [-0.05, 0) is 61.5 Å². The third-order valence-electron chi connectivity index (χ3n) is 4.68. The van der Waals surface area contributed by atoms with Crippen LogP contribution in [0.1, 0.15) is 57.3 Å². The van der Waals surface area contributed by atoms with Gasteiger partial charge in [-0.15, -0.1) is 0 Å². The highest BCUT2D eigenvalue weighted by Gasteiger charge is 2.25. The van der Waals surface area contributed by atoms with E-state index in [1.165, 1.54) is 48.0 Å². The van der Waals surface area contributed by atoms with Gasteiger partial charge >= 0.3 is 0 Å². The molecule has 3 nitrogen and oxygen atoms in total. The molecule has 4 heteroatoms. The van der Waals surface area contributed by atoms with Crippen molar-refractivity contribution < 1.29 is 0 Å². The molecule has 1 aromatic heterocycles. The molecule has 20 heavy (non-hydrogen) atoms. The average Bonchev–Trinajstić information content (AvgIpc) is 2.64. The van der Waals surface area contributed by atoms with Crippen LogP contribution in [-0.4, -0.2) is 22.9 Å². The lowest BCUT2D eigenvalue weighted by Crippen LogP contribution is -2.34. The Morgan fingerprint density at radius 1 is 1.25 bits per heavy atom. The first-order chi connectivity index (χ1) is 9.71. The van der Waals surface area contributed by atoms with Crippen molar-refractivity contribution in [3.05, 3.63) is 15.9 Å². The number of rotatable bonds is 5. The van der Waals surface area contributed by atoms with Crippen molar-refractivity contribution in [1.29, 1.82) is 0 Å². The maximum Gasteiger partial charge on any atom is 0.0766 e. The molecule has 1 aliphatic rings. The summed E-state index contributed by atoms with van der Waals surface area (Å²) >= 11 is 3.79. The minimum Gasteiger partial charge on any atom is -0.317 e. The molecule has 114 valence electrons. The maximum atomic E-state index is 4.74. The van der Waals surface area contributed by atoms with Crippen molar-refractivity contribution in [2.24, 2.45) is 5.92 Å². The van der Waals surface area contributed by atoms with Gasteiger partial charge in [-0.3, -0.25) is 4.68 Å². The van der Waals surface area contributed by atoms with Crippen LogP contribution < -0.4 is 5.32 Å². The predicted octanol–water partition coefficient (Wildman–Crippen LogP) is 3.94. The molecule has 1 heterocycles. The van der Waals surface area contributed by atoms with Crippen LogP contribution in [0.25, 0.3) is 0 Å². The third-order valence-corrected chi connectivity index (χ3v) is 5.59. The molecule has 2 unspecified atom stereocenters. The van der Waals surface area contributed by atoms with Gasteiger partial charge in [0.1, 0.15) is 0 Å². The second-order valence-electron chi connectivity index (χ2n) is 5.87. The Morgan fingerprint density at radius 2 is 2.00 bits per heavy atom. The van der Waals surface area contributed by atoms with E-state index in [0.717, 1.165) is 25.3 Å². The molecular weight excluding hydrogens is 314 g/mol. The molecule has 0 spiro atoms. The summed E-state index contributed by atoms with van der Waals surface area (Å²) in [5.74, 6) is 0.741. The molecule has 1 aliphatic carbocycles. The second-order valence-corrected chi connectivity index (χ2v) is 6.67. The van der Waals surface area contributed by atoms with Crippen molar-refractivity contribution in [2.45, 2.75) is 71.4 Å². The second kappa shape index (κ2) is 7.60. The zero-order chi connectivity index (χ0) is 14.5. The zero-order valence-electron chi connectivity index (χ0n) is 13.1. The fourth-order valence-corrected chi connectivity index (χ4v) is 4.20. The smallest absolute Gasteiger partial charge is 0.0766 e. The van der Waals surface area contributed by atoms with Crippen LogP contribution in [0, 0.1) is 5.92 Å². The summed E-state index contributed by atoms with van der Waals surface area (Å²) in [6, 6.07) is 0.662. The van der Waals surface area contributed by atoms with Crippen LogP contribution in [0.3, 0.4) is 0 Å². The molecule has 2 rings (SSSR count). The molecule has 0 aliphatic heterocycles. The van der Waals surface area contributed by atoms with Crippen molar-refractivity contribution in [3.8, 4) is 0 Å². The Hall–Kier alpha value is -0.350. The fourth-order valence-electron chi connectivity index (χ4n) is 3.47. The van der Waals surface area contributed by atoms with Gasteiger partial charge in [0, 0.05) is 12.6 Å². The summed E-state index contributed by atoms with van der Waals surface area (Å²) in [5, 5.41) is 8.28. The van der Waals surface area contributed by atoms with Crippen molar-refractivity contribution >= 4 is 15.9 Å². The molecule has 0 aromatic carbocycles. The van der Waals surface area contributed by atoms with Crippen LogP contribution in [0.15, 0.2) is 4.47 Å². The normalized spacial score (nSPS) is 23.8. The summed E-state index contributed by atoms with van der Waals surface area (Å²) in [4.78, 5) is 0. The van der Waals surface area contributed by atoms with Gasteiger partial charge in [0.2, 0.25) is 0 Å². The SMILES string of the molecule is CCc1nn(CC)c(CC2CCCCCC2NC)c1Br. The largest absolute Gasteiger partial charge is 0.317 e. The number of hydrogen-bond acceptors (Lipinski definition) is 2. The highest BCUT2D eigenvalue weighted by Crippen LogP contribution is 2.30. The fraction of sp³-hybridized carbons (Fsp3) is 0.812. The molecule has 1 fully saturated rings. The molecule has 0 radical (unpaired) electrons. The molecule has 0 bridgehead atoms. The van der Waals surface area contributed by atoms with Gasteiger partial charge in [-0.2, -0.15) is 5.10 Å². The first-order valence-electron chi connectivity index (χ1n) is 8.12. The van der Waals surface area contributed by atoms with Gasteiger partial charge < -0.3 is 5.32 Å². The summed E-state index contributed by atoms with van der Waals surface area (Å²) in [6.45, 7) is 5.33. The summed E-state index contributed by atoms with van der Waals surface area (Å²) in [6.07, 6.45) is 8.95. The van der Waals surface area contributed by atoms with Crippen LogP contribution in [0.5, 0.6) is 0 Å². The molecule has 1 saturated carbocycles. The highest BCUT2D eigenvalue weighted by molar-refractivity contribution is 9.10. The molecular formula is C16H28BrN3. The summed E-state index contributed by atoms with van der Waals surface area (Å²) in [5.41, 5.74) is 2.60. The lowest BCUT2D eigenvalue weighted by atomic mass is 9.90. The Kier molecular flexibility index (Phi) is 6.09. The summed E-state index contributed by atoms with van der Waals surface area (Å²) < 4.78 is 3.45. The topological polar surface area (TPSA) is 29.9 Å². The van der Waals surface area contributed by atoms with Crippen molar-refractivity contribution in [1.82, 2.24) is 15.1 Å². The van der Waals surface area contributed by atoms with E-state index in [-0.39, 0.29) is 0 Å². The molecule has 2 atom stereocenters. The van der Waals surface area contributed by atoms with E-state index in [4.69, 9.17) is 5.10 Å². The van der Waals surface area contributed by atoms with E-state index in [1.807, 2.05) is 0 Å². The Bertz CT molecular complexity index is 428. The minimum atomic E-state index is 0.662. The van der Waals surface area contributed by atoms with Crippen molar-refractivity contribution in [2.75, 3.05) is 7.05 Å². The lowest BCUT2D eigenvalue weighted by Gasteiger charge is -2.25. The van der Waals surface area contributed by atoms with Gasteiger partial charge in [-0.25, -0.2) is 0 Å². The van der Waals surface area contributed by atoms with Gasteiger partial charge in [-0.1, -0.05) is 26.2 Å². The van der Waals surface area contributed by atoms with E-state index in [0.29, 0.717) is 6.04 Å². The van der Waals surface area contributed by atoms with Crippen LogP contribution >= 0.6 is 15.9 Å². The Labute approximate surface area is 131 Å². The monoisotopic (exact) mass is 341 g/mol. The quantitative estimate of drug-likeness (QED) is 0.822. The van der Waals surface area contributed by atoms with E-state index in [1.54, 1.807) is 0 Å². The number of aromatic nitrogens is 2. The Balaban J connectivity index is 2.20. The van der Waals surface area contributed by atoms with Crippen LogP contribution in [0.4, 0.5) is 0 Å².